The van der Waals surface area contributed by atoms with Crippen LogP contribution in [0.1, 0.15) is 28.8 Å². The highest BCUT2D eigenvalue weighted by molar-refractivity contribution is 6.42. The summed E-state index contributed by atoms with van der Waals surface area (Å²) in [5.41, 5.74) is 1.46. The molecule has 30 heavy (non-hydrogen) atoms. The molecular formula is C23H26Cl2N2O3. The highest BCUT2D eigenvalue weighted by Crippen LogP contribution is 2.33. The molecule has 5 nitrogen and oxygen atoms in total. The first-order valence-electron chi connectivity index (χ1n) is 10.3. The van der Waals surface area contributed by atoms with Crippen molar-refractivity contribution in [1.29, 1.82) is 0 Å². The minimum atomic E-state index is -0.315. The number of hydrogen-bond donors (Lipinski definition) is 1. The Hall–Kier alpha value is -1.63. The van der Waals surface area contributed by atoms with Gasteiger partial charge in [-0.1, -0.05) is 53.5 Å². The summed E-state index contributed by atoms with van der Waals surface area (Å²) in [7, 11) is 0. The Labute approximate surface area is 187 Å². The second-order valence-corrected chi connectivity index (χ2v) is 8.86. The van der Waals surface area contributed by atoms with Crippen LogP contribution in [0.5, 0.6) is 0 Å². The fourth-order valence-corrected chi connectivity index (χ4v) is 4.47. The number of nitrogens with zero attached hydrogens (tertiary/aromatic N) is 1. The number of rotatable bonds is 5. The highest BCUT2D eigenvalue weighted by Gasteiger charge is 2.43. The SMILES string of the molecule is O=C(NC[C@H]1CC[C@]2(COCCN(Cc3ccccc3)C2)O1)c1ccc(Cl)c(Cl)c1. The minimum Gasteiger partial charge on any atom is -0.377 e. The van der Waals surface area contributed by atoms with Crippen LogP contribution in [0.25, 0.3) is 0 Å². The van der Waals surface area contributed by atoms with Crippen molar-refractivity contribution in [2.45, 2.75) is 31.1 Å². The standard InChI is InChI=1S/C23H26Cl2N2O3/c24-20-7-6-18(12-21(20)25)22(28)26-13-19-8-9-23(30-19)15-27(10-11-29-16-23)14-17-4-2-1-3-5-17/h1-7,12,19H,8-11,13-16H2,(H,26,28)/t19-,23+/m1/s1. The number of amides is 1. The molecule has 2 fully saturated rings. The van der Waals surface area contributed by atoms with Gasteiger partial charge in [0.05, 0.1) is 29.4 Å². The molecule has 1 amide bonds. The van der Waals surface area contributed by atoms with Gasteiger partial charge >= 0.3 is 0 Å². The zero-order valence-corrected chi connectivity index (χ0v) is 18.3. The van der Waals surface area contributed by atoms with Gasteiger partial charge in [0.1, 0.15) is 5.60 Å². The van der Waals surface area contributed by atoms with Gasteiger partial charge in [0.25, 0.3) is 5.91 Å². The number of carbonyl (C=O) groups excluding carboxylic acids is 1. The maximum Gasteiger partial charge on any atom is 0.251 e. The predicted molar refractivity (Wildman–Crippen MR) is 118 cm³/mol. The molecule has 0 radical (unpaired) electrons. The lowest BCUT2D eigenvalue weighted by Gasteiger charge is -2.32. The van der Waals surface area contributed by atoms with Crippen molar-refractivity contribution in [1.82, 2.24) is 10.2 Å². The van der Waals surface area contributed by atoms with Crippen LogP contribution in [0.3, 0.4) is 0 Å². The Kier molecular flexibility index (Phi) is 6.96. The van der Waals surface area contributed by atoms with E-state index in [1.54, 1.807) is 18.2 Å². The fourth-order valence-electron chi connectivity index (χ4n) is 4.17. The molecule has 2 aliphatic heterocycles. The minimum absolute atomic E-state index is 0.0306. The second-order valence-electron chi connectivity index (χ2n) is 8.05. The van der Waals surface area contributed by atoms with Crippen LogP contribution >= 0.6 is 23.2 Å². The van der Waals surface area contributed by atoms with Gasteiger partial charge in [0.2, 0.25) is 0 Å². The quantitative estimate of drug-likeness (QED) is 0.745. The van der Waals surface area contributed by atoms with Crippen LogP contribution in [0.2, 0.25) is 10.0 Å². The summed E-state index contributed by atoms with van der Waals surface area (Å²) < 4.78 is 12.3. The maximum absolute atomic E-state index is 12.4. The molecule has 2 saturated heterocycles. The first kappa shape index (κ1) is 21.6. The highest BCUT2D eigenvalue weighted by atomic mass is 35.5. The fraction of sp³-hybridized carbons (Fsp3) is 0.435. The molecule has 2 aliphatic rings. The van der Waals surface area contributed by atoms with E-state index < -0.39 is 0 Å². The van der Waals surface area contributed by atoms with Gasteiger partial charge in [0, 0.05) is 31.7 Å². The molecule has 2 aromatic rings. The lowest BCUT2D eigenvalue weighted by molar-refractivity contribution is -0.0849. The van der Waals surface area contributed by atoms with Crippen LogP contribution in [0.4, 0.5) is 0 Å². The van der Waals surface area contributed by atoms with Crippen molar-refractivity contribution < 1.29 is 14.3 Å². The third-order valence-corrected chi connectivity index (χ3v) is 6.43. The van der Waals surface area contributed by atoms with Gasteiger partial charge in [-0.2, -0.15) is 0 Å². The van der Waals surface area contributed by atoms with Crippen molar-refractivity contribution in [2.24, 2.45) is 0 Å². The molecule has 2 atom stereocenters. The lowest BCUT2D eigenvalue weighted by atomic mass is 10.00. The van der Waals surface area contributed by atoms with Gasteiger partial charge in [0.15, 0.2) is 0 Å². The van der Waals surface area contributed by atoms with Crippen molar-refractivity contribution in [3.8, 4) is 0 Å². The number of carbonyl (C=O) groups is 1. The summed E-state index contributed by atoms with van der Waals surface area (Å²) >= 11 is 11.9. The first-order chi connectivity index (χ1) is 14.5. The molecule has 0 aliphatic carbocycles. The Bertz CT molecular complexity index is 880. The number of nitrogens with one attached hydrogen (secondary N) is 1. The van der Waals surface area contributed by atoms with E-state index in [4.69, 9.17) is 32.7 Å². The van der Waals surface area contributed by atoms with Crippen LogP contribution in [-0.4, -0.2) is 55.4 Å². The van der Waals surface area contributed by atoms with E-state index in [1.165, 1.54) is 5.56 Å². The number of hydrogen-bond acceptors (Lipinski definition) is 4. The van der Waals surface area contributed by atoms with Crippen molar-refractivity contribution in [2.75, 3.05) is 32.8 Å². The van der Waals surface area contributed by atoms with E-state index in [2.05, 4.69) is 34.5 Å². The van der Waals surface area contributed by atoms with Crippen molar-refractivity contribution >= 4 is 29.1 Å². The molecule has 160 valence electrons. The molecule has 0 aromatic heterocycles. The molecule has 1 N–H and O–H groups in total. The van der Waals surface area contributed by atoms with Crippen LogP contribution in [-0.2, 0) is 16.0 Å². The summed E-state index contributed by atoms with van der Waals surface area (Å²) in [6.45, 7) is 4.36. The number of benzene rings is 2. The molecule has 0 bridgehead atoms. The van der Waals surface area contributed by atoms with E-state index in [-0.39, 0.29) is 17.6 Å². The normalized spacial score (nSPS) is 24.7. The van der Waals surface area contributed by atoms with Gasteiger partial charge in [-0.3, -0.25) is 9.69 Å². The summed E-state index contributed by atoms with van der Waals surface area (Å²) in [5.74, 6) is -0.180. The molecular weight excluding hydrogens is 423 g/mol. The Morgan fingerprint density at radius 2 is 2.00 bits per heavy atom. The van der Waals surface area contributed by atoms with Crippen molar-refractivity contribution in [3.63, 3.8) is 0 Å². The Balaban J connectivity index is 1.32. The third-order valence-electron chi connectivity index (χ3n) is 5.69. The second kappa shape index (κ2) is 9.67. The van der Waals surface area contributed by atoms with Gasteiger partial charge in [-0.05, 0) is 36.6 Å². The zero-order valence-electron chi connectivity index (χ0n) is 16.8. The average molecular weight is 449 g/mol. The summed E-state index contributed by atoms with van der Waals surface area (Å²) in [6.07, 6.45) is 1.78. The number of ether oxygens (including phenoxy) is 2. The smallest absolute Gasteiger partial charge is 0.251 e. The lowest BCUT2D eigenvalue weighted by Crippen LogP contribution is -2.45. The molecule has 4 rings (SSSR count). The van der Waals surface area contributed by atoms with Crippen LogP contribution < -0.4 is 5.32 Å². The maximum atomic E-state index is 12.4. The van der Waals surface area contributed by atoms with E-state index in [0.717, 1.165) is 32.5 Å². The molecule has 2 aromatic carbocycles. The van der Waals surface area contributed by atoms with E-state index in [9.17, 15) is 4.79 Å². The van der Waals surface area contributed by atoms with Gasteiger partial charge in [-0.15, -0.1) is 0 Å². The van der Waals surface area contributed by atoms with Crippen LogP contribution in [0, 0.1) is 0 Å². The van der Waals surface area contributed by atoms with Gasteiger partial charge in [-0.25, -0.2) is 0 Å². The molecule has 1 spiro atoms. The third kappa shape index (κ3) is 5.34. The molecule has 7 heteroatoms. The summed E-state index contributed by atoms with van der Waals surface area (Å²) in [4.78, 5) is 14.8. The van der Waals surface area contributed by atoms with Gasteiger partial charge < -0.3 is 14.8 Å². The number of halogens is 2. The Morgan fingerprint density at radius 1 is 1.17 bits per heavy atom. The zero-order chi connectivity index (χ0) is 21.0. The monoisotopic (exact) mass is 448 g/mol. The topological polar surface area (TPSA) is 50.8 Å². The molecule has 2 heterocycles. The van der Waals surface area contributed by atoms with Crippen LogP contribution in [0.15, 0.2) is 48.5 Å². The van der Waals surface area contributed by atoms with Crippen molar-refractivity contribution in [3.05, 3.63) is 69.7 Å². The summed E-state index contributed by atoms with van der Waals surface area (Å²) in [5, 5.41) is 3.76. The Morgan fingerprint density at radius 3 is 2.80 bits per heavy atom. The molecule has 0 unspecified atom stereocenters. The van der Waals surface area contributed by atoms with E-state index in [0.29, 0.717) is 35.4 Å². The predicted octanol–water partition coefficient (Wildman–Crippen LogP) is 4.17. The van der Waals surface area contributed by atoms with E-state index in [1.807, 2.05) is 6.07 Å². The largest absolute Gasteiger partial charge is 0.377 e. The summed E-state index contributed by atoms with van der Waals surface area (Å²) in [6, 6.07) is 15.3. The first-order valence-corrected chi connectivity index (χ1v) is 11.0. The van der Waals surface area contributed by atoms with E-state index >= 15 is 0 Å². The molecule has 0 saturated carbocycles. The average Bonchev–Trinajstić information content (AvgIpc) is 3.03.